The highest BCUT2D eigenvalue weighted by atomic mass is 32.2. The van der Waals surface area contributed by atoms with E-state index in [1.54, 1.807) is 11.3 Å². The minimum Gasteiger partial charge on any atom is -0.383 e. The lowest BCUT2D eigenvalue weighted by atomic mass is 9.98. The van der Waals surface area contributed by atoms with Crippen molar-refractivity contribution in [2.75, 3.05) is 16.8 Å². The van der Waals surface area contributed by atoms with Gasteiger partial charge in [-0.05, 0) is 34.6 Å². The number of fused-ring (bicyclic) bond motifs is 4. The molecule has 2 aromatic heterocycles. The number of nitrogens with zero attached hydrogens (tertiary/aromatic N) is 2. The monoisotopic (exact) mass is 590 g/mol. The summed E-state index contributed by atoms with van der Waals surface area (Å²) in [5.41, 5.74) is 11.3. The normalized spacial score (nSPS) is 16.5. The molecule has 0 radical (unpaired) electrons. The minimum atomic E-state index is -0.106. The Morgan fingerprint density at radius 1 is 0.878 bits per heavy atom. The molecule has 0 spiro atoms. The number of benzene rings is 4. The van der Waals surface area contributed by atoms with Crippen LogP contribution in [0.15, 0.2) is 108 Å². The van der Waals surface area contributed by atoms with Crippen LogP contribution in [0.5, 0.6) is 0 Å². The van der Waals surface area contributed by atoms with E-state index in [4.69, 9.17) is 10.7 Å². The average molecular weight is 591 g/mol. The van der Waals surface area contributed by atoms with Crippen LogP contribution in [-0.4, -0.2) is 21.6 Å². The zero-order valence-corrected chi connectivity index (χ0v) is 24.4. The number of aromatic nitrogens is 2. The van der Waals surface area contributed by atoms with Crippen LogP contribution in [0.25, 0.3) is 21.0 Å². The van der Waals surface area contributed by atoms with Gasteiger partial charge in [0.15, 0.2) is 5.16 Å². The van der Waals surface area contributed by atoms with Crippen LogP contribution in [0.2, 0.25) is 0 Å². The standard InChI is InChI=1S/C33H26N4OS3/c34-31-28-24-18-26(21-11-3-1-4-12-21)40-29(22-13-5-2-6-14-22)30(24)41-32(28)37-33(36-31)39-19-27(38)35-25-17-9-15-20-10-7-8-16-23(20)25/h1-17,26,29H,18-19H2,(H,35,38)(H2,34,36,37). The smallest absolute Gasteiger partial charge is 0.234 e. The van der Waals surface area contributed by atoms with Crippen molar-refractivity contribution in [3.63, 3.8) is 0 Å². The highest BCUT2D eigenvalue weighted by molar-refractivity contribution is 8.00. The van der Waals surface area contributed by atoms with Crippen LogP contribution in [0.3, 0.4) is 0 Å². The summed E-state index contributed by atoms with van der Waals surface area (Å²) in [6.07, 6.45) is 0.876. The van der Waals surface area contributed by atoms with Gasteiger partial charge in [0.2, 0.25) is 5.91 Å². The summed E-state index contributed by atoms with van der Waals surface area (Å²) < 4.78 is 0. The van der Waals surface area contributed by atoms with Gasteiger partial charge in [0.1, 0.15) is 10.6 Å². The van der Waals surface area contributed by atoms with Crippen molar-refractivity contribution >= 4 is 73.3 Å². The molecule has 1 aliphatic heterocycles. The Hall–Kier alpha value is -3.85. The molecule has 1 aliphatic rings. The number of thiophene rings is 1. The lowest BCUT2D eigenvalue weighted by Crippen LogP contribution is -2.14. The van der Waals surface area contributed by atoms with E-state index in [0.717, 1.165) is 33.1 Å². The summed E-state index contributed by atoms with van der Waals surface area (Å²) in [5.74, 6) is 0.568. The number of nitrogen functional groups attached to an aromatic ring is 1. The van der Waals surface area contributed by atoms with Gasteiger partial charge in [-0.2, -0.15) is 0 Å². The first-order valence-corrected chi connectivity index (χ1v) is 16.1. The Bertz CT molecular complexity index is 1870. The van der Waals surface area contributed by atoms with Gasteiger partial charge in [0.25, 0.3) is 0 Å². The third-order valence-electron chi connectivity index (χ3n) is 7.29. The number of nitrogens with one attached hydrogen (secondary N) is 1. The molecule has 202 valence electrons. The molecule has 0 fully saturated rings. The molecule has 3 heterocycles. The largest absolute Gasteiger partial charge is 0.383 e. The fourth-order valence-electron chi connectivity index (χ4n) is 5.39. The fourth-order valence-corrected chi connectivity index (χ4v) is 9.12. The summed E-state index contributed by atoms with van der Waals surface area (Å²) >= 11 is 5.00. The third-order valence-corrected chi connectivity index (χ3v) is 11.0. The van der Waals surface area contributed by atoms with E-state index < -0.39 is 0 Å². The van der Waals surface area contributed by atoms with Crippen molar-refractivity contribution in [3.05, 3.63) is 125 Å². The van der Waals surface area contributed by atoms with E-state index in [1.165, 1.54) is 33.3 Å². The molecule has 5 nitrogen and oxygen atoms in total. The predicted molar refractivity (Wildman–Crippen MR) is 174 cm³/mol. The van der Waals surface area contributed by atoms with Crippen molar-refractivity contribution in [3.8, 4) is 0 Å². The van der Waals surface area contributed by atoms with Crippen LogP contribution < -0.4 is 11.1 Å². The van der Waals surface area contributed by atoms with Crippen LogP contribution in [0.4, 0.5) is 11.5 Å². The summed E-state index contributed by atoms with van der Waals surface area (Å²) in [4.78, 5) is 24.6. The Labute approximate surface area is 250 Å². The number of anilines is 2. The zero-order valence-electron chi connectivity index (χ0n) is 22.0. The SMILES string of the molecule is Nc1nc(SCC(=O)Nc2cccc3ccccc23)nc2sc3c(c12)CC(c1ccccc1)SC3c1ccccc1. The molecule has 6 aromatic rings. The van der Waals surface area contributed by atoms with E-state index in [2.05, 4.69) is 71.0 Å². The third kappa shape index (κ3) is 5.19. The maximum absolute atomic E-state index is 12.9. The molecule has 8 heteroatoms. The molecular formula is C33H26N4OS3. The van der Waals surface area contributed by atoms with Crippen molar-refractivity contribution in [2.45, 2.75) is 22.1 Å². The number of nitrogens with two attached hydrogens (primary N) is 1. The van der Waals surface area contributed by atoms with Crippen LogP contribution in [0.1, 0.15) is 32.1 Å². The molecule has 2 atom stereocenters. The van der Waals surface area contributed by atoms with Gasteiger partial charge in [-0.3, -0.25) is 4.79 Å². The van der Waals surface area contributed by atoms with E-state index in [0.29, 0.717) is 16.2 Å². The number of hydrogen-bond acceptors (Lipinski definition) is 7. The molecule has 0 bridgehead atoms. The first-order valence-electron chi connectivity index (χ1n) is 13.4. The van der Waals surface area contributed by atoms with E-state index in [9.17, 15) is 4.79 Å². The van der Waals surface area contributed by atoms with Crippen LogP contribution in [-0.2, 0) is 11.2 Å². The summed E-state index contributed by atoms with van der Waals surface area (Å²) in [7, 11) is 0. The summed E-state index contributed by atoms with van der Waals surface area (Å²) in [5, 5.41) is 7.11. The molecule has 0 aliphatic carbocycles. The maximum atomic E-state index is 12.9. The lowest BCUT2D eigenvalue weighted by Gasteiger charge is -2.30. The predicted octanol–water partition coefficient (Wildman–Crippen LogP) is 8.28. The topological polar surface area (TPSA) is 80.9 Å². The lowest BCUT2D eigenvalue weighted by molar-refractivity contribution is -0.113. The highest BCUT2D eigenvalue weighted by Crippen LogP contribution is 2.55. The molecule has 1 amide bonds. The highest BCUT2D eigenvalue weighted by Gasteiger charge is 2.34. The molecule has 3 N–H and O–H groups in total. The summed E-state index contributed by atoms with van der Waals surface area (Å²) in [6.45, 7) is 0. The van der Waals surface area contributed by atoms with Gasteiger partial charge < -0.3 is 11.1 Å². The minimum absolute atomic E-state index is 0.106. The fraction of sp³-hybridized carbons (Fsp3) is 0.121. The Kier molecular flexibility index (Phi) is 7.12. The first kappa shape index (κ1) is 26.1. The van der Waals surface area contributed by atoms with Gasteiger partial charge in [-0.15, -0.1) is 23.1 Å². The van der Waals surface area contributed by atoms with E-state index in [-0.39, 0.29) is 16.9 Å². The van der Waals surface area contributed by atoms with Gasteiger partial charge in [-0.1, -0.05) is 109 Å². The molecule has 7 rings (SSSR count). The number of carbonyl (C=O) groups is 1. The van der Waals surface area contributed by atoms with Gasteiger partial charge in [0, 0.05) is 21.2 Å². The number of amides is 1. The maximum Gasteiger partial charge on any atom is 0.234 e. The first-order chi connectivity index (χ1) is 20.1. The average Bonchev–Trinajstić information content (AvgIpc) is 3.39. The van der Waals surface area contributed by atoms with E-state index in [1.807, 2.05) is 54.2 Å². The second kappa shape index (κ2) is 11.2. The second-order valence-corrected chi connectivity index (χ2v) is 13.2. The van der Waals surface area contributed by atoms with E-state index >= 15 is 0 Å². The Morgan fingerprint density at radius 3 is 2.39 bits per heavy atom. The van der Waals surface area contributed by atoms with Crippen LogP contribution in [0, 0.1) is 0 Å². The van der Waals surface area contributed by atoms with Gasteiger partial charge in [0.05, 0.1) is 16.4 Å². The van der Waals surface area contributed by atoms with Gasteiger partial charge in [-0.25, -0.2) is 9.97 Å². The second-order valence-electron chi connectivity index (χ2n) is 9.91. The Morgan fingerprint density at radius 2 is 1.59 bits per heavy atom. The zero-order chi connectivity index (χ0) is 27.8. The summed E-state index contributed by atoms with van der Waals surface area (Å²) in [6, 6.07) is 35.3. The number of rotatable bonds is 6. The van der Waals surface area contributed by atoms with Crippen molar-refractivity contribution < 1.29 is 4.79 Å². The number of hydrogen-bond donors (Lipinski definition) is 2. The number of carbonyl (C=O) groups excluding carboxylic acids is 1. The van der Waals surface area contributed by atoms with Crippen molar-refractivity contribution in [1.29, 1.82) is 0 Å². The molecule has 0 saturated carbocycles. The van der Waals surface area contributed by atoms with Crippen molar-refractivity contribution in [1.82, 2.24) is 9.97 Å². The quantitative estimate of drug-likeness (QED) is 0.150. The molecule has 2 unspecified atom stereocenters. The van der Waals surface area contributed by atoms with Crippen molar-refractivity contribution in [2.24, 2.45) is 0 Å². The molecular weight excluding hydrogens is 565 g/mol. The number of thioether (sulfide) groups is 2. The molecule has 4 aromatic carbocycles. The molecule has 41 heavy (non-hydrogen) atoms. The van der Waals surface area contributed by atoms with Gasteiger partial charge >= 0.3 is 0 Å². The van der Waals surface area contributed by atoms with Crippen LogP contribution >= 0.6 is 34.9 Å². The molecule has 0 saturated heterocycles. The Balaban J connectivity index is 1.17.